The van der Waals surface area contributed by atoms with E-state index in [1.807, 2.05) is 0 Å². The van der Waals surface area contributed by atoms with Crippen LogP contribution in [0.25, 0.3) is 0 Å². The highest BCUT2D eigenvalue weighted by Gasteiger charge is 2.69. The molecule has 44 heavy (non-hydrogen) atoms. The molecule has 1 heterocycles. The number of aromatic nitrogens is 1. The molecular formula is C26H16BrF11N3O2P. The molecule has 0 radical (unpaired) electrons. The molecule has 0 aliphatic rings. The molecule has 5 nitrogen and oxygen atoms in total. The molecule has 1 N–H and O–H groups in total. The van der Waals surface area contributed by atoms with Gasteiger partial charge in [0.25, 0.3) is 11.8 Å². The third-order valence-electron chi connectivity index (χ3n) is 6.03. The van der Waals surface area contributed by atoms with Gasteiger partial charge in [-0.05, 0) is 57.9 Å². The molecule has 0 aliphatic heterocycles. The summed E-state index contributed by atoms with van der Waals surface area (Å²) in [4.78, 5) is 30.0. The maximum Gasteiger partial charge on any atom is 0.418 e. The van der Waals surface area contributed by atoms with Gasteiger partial charge in [-0.2, -0.15) is 43.9 Å². The first-order chi connectivity index (χ1) is 20.1. The predicted molar refractivity (Wildman–Crippen MR) is 143 cm³/mol. The van der Waals surface area contributed by atoms with Crippen LogP contribution >= 0.6 is 25.2 Å². The van der Waals surface area contributed by atoms with Crippen molar-refractivity contribution in [1.82, 2.24) is 4.98 Å². The van der Waals surface area contributed by atoms with Crippen molar-refractivity contribution in [3.8, 4) is 0 Å². The Bertz CT molecular complexity index is 1580. The normalized spacial score (nSPS) is 12.6. The van der Waals surface area contributed by atoms with Gasteiger partial charge in [0.15, 0.2) is 11.0 Å². The number of anilines is 2. The lowest BCUT2D eigenvalue weighted by Gasteiger charge is -2.35. The van der Waals surface area contributed by atoms with Crippen LogP contribution in [0.3, 0.4) is 0 Å². The summed E-state index contributed by atoms with van der Waals surface area (Å²) in [5.74, 6) is -4.93. The van der Waals surface area contributed by atoms with Crippen LogP contribution < -0.4 is 10.2 Å². The van der Waals surface area contributed by atoms with E-state index in [9.17, 15) is 53.5 Å². The van der Waals surface area contributed by atoms with Crippen LogP contribution in [0.5, 0.6) is 0 Å². The Hall–Kier alpha value is -3.59. The molecule has 0 spiro atoms. The highest BCUT2D eigenvalue weighted by atomic mass is 79.9. The highest BCUT2D eigenvalue weighted by molar-refractivity contribution is 9.10. The number of benzene rings is 2. The van der Waals surface area contributed by atoms with Gasteiger partial charge in [-0.25, -0.2) is 9.37 Å². The first-order valence-corrected chi connectivity index (χ1v) is 13.0. The van der Waals surface area contributed by atoms with E-state index >= 15 is 4.39 Å². The summed E-state index contributed by atoms with van der Waals surface area (Å²) < 4.78 is 151. The zero-order valence-corrected chi connectivity index (χ0v) is 24.2. The van der Waals surface area contributed by atoms with Crippen LogP contribution in [0, 0.1) is 11.8 Å². The van der Waals surface area contributed by atoms with E-state index in [0.717, 1.165) is 47.5 Å². The first-order valence-electron chi connectivity index (χ1n) is 11.6. The molecule has 0 aliphatic carbocycles. The lowest BCUT2D eigenvalue weighted by atomic mass is 9.93. The molecule has 0 fully saturated rings. The molecule has 3 aromatic rings. The molecule has 3 rings (SSSR count). The molecule has 1 unspecified atom stereocenters. The fourth-order valence-electron chi connectivity index (χ4n) is 3.84. The number of rotatable bonds is 7. The minimum atomic E-state index is -6.12. The smallest absolute Gasteiger partial charge is 0.320 e. The van der Waals surface area contributed by atoms with E-state index < -0.39 is 85.9 Å². The lowest BCUT2D eigenvalue weighted by molar-refractivity contribution is -0.269. The van der Waals surface area contributed by atoms with Crippen LogP contribution in [-0.2, 0) is 11.3 Å². The molecule has 1 atom stereocenters. The van der Waals surface area contributed by atoms with Crippen molar-refractivity contribution >= 4 is 48.4 Å². The summed E-state index contributed by atoms with van der Waals surface area (Å²) in [6, 6.07) is 4.37. The third-order valence-corrected chi connectivity index (χ3v) is 7.64. The quantitative estimate of drug-likeness (QED) is 0.115. The molecule has 1 aromatic heterocycles. The Morgan fingerprint density at radius 3 is 2.09 bits per heavy atom. The third kappa shape index (κ3) is 6.72. The molecule has 2 aromatic carbocycles. The number of nitrogens with one attached hydrogen (secondary N) is 1. The van der Waals surface area contributed by atoms with Crippen molar-refractivity contribution in [3.05, 3.63) is 99.8 Å². The number of amides is 2. The van der Waals surface area contributed by atoms with Gasteiger partial charge >= 0.3 is 18.5 Å². The van der Waals surface area contributed by atoms with Crippen molar-refractivity contribution in [2.24, 2.45) is 0 Å². The Labute approximate surface area is 251 Å². The average Bonchev–Trinajstić information content (AvgIpc) is 2.90. The van der Waals surface area contributed by atoms with Gasteiger partial charge in [0.2, 0.25) is 5.95 Å². The van der Waals surface area contributed by atoms with Gasteiger partial charge in [0.05, 0.1) is 28.1 Å². The number of nitrogens with zero attached hydrogens (tertiary/aromatic N) is 2. The number of alkyl halides is 9. The summed E-state index contributed by atoms with van der Waals surface area (Å²) in [6.45, 7) is 3.05. The average molecular weight is 722 g/mol. The maximum atomic E-state index is 15.6. The van der Waals surface area contributed by atoms with E-state index in [-0.39, 0.29) is 18.2 Å². The van der Waals surface area contributed by atoms with Gasteiger partial charge in [0.1, 0.15) is 0 Å². The number of halogens is 12. The Morgan fingerprint density at radius 2 is 1.59 bits per heavy atom. The second-order valence-corrected chi connectivity index (χ2v) is 10.6. The lowest BCUT2D eigenvalue weighted by Crippen LogP contribution is -2.49. The zero-order chi connectivity index (χ0) is 33.4. The maximum absolute atomic E-state index is 15.6. The Balaban J connectivity index is 2.11. The second-order valence-electron chi connectivity index (χ2n) is 8.85. The molecular weight excluding hydrogens is 706 g/mol. The Kier molecular flexibility index (Phi) is 9.85. The number of carbonyl (C=O) groups is 2. The van der Waals surface area contributed by atoms with Crippen molar-refractivity contribution in [3.63, 3.8) is 0 Å². The zero-order valence-electron chi connectivity index (χ0n) is 21.4. The molecule has 0 bridgehead atoms. The van der Waals surface area contributed by atoms with Crippen molar-refractivity contribution < 1.29 is 57.9 Å². The van der Waals surface area contributed by atoms with Crippen LogP contribution in [0.15, 0.2) is 65.8 Å². The topological polar surface area (TPSA) is 62.3 Å². The minimum Gasteiger partial charge on any atom is -0.320 e. The van der Waals surface area contributed by atoms with Crippen LogP contribution in [0.2, 0.25) is 0 Å². The molecule has 18 heteroatoms. The van der Waals surface area contributed by atoms with Gasteiger partial charge in [-0.15, -0.1) is 15.8 Å². The number of carbonyl (C=O) groups excluding carboxylic acids is 2. The van der Waals surface area contributed by atoms with Gasteiger partial charge in [0, 0.05) is 17.2 Å². The van der Waals surface area contributed by atoms with E-state index in [1.54, 1.807) is 5.32 Å². The molecule has 0 saturated heterocycles. The second kappa shape index (κ2) is 12.4. The van der Waals surface area contributed by atoms with E-state index in [4.69, 9.17) is 0 Å². The fraction of sp³-hybridized carbons (Fsp3) is 0.192. The summed E-state index contributed by atoms with van der Waals surface area (Å²) in [5.41, 5.74) is -7.06. The summed E-state index contributed by atoms with van der Waals surface area (Å²) >= 11 is 2.50. The van der Waals surface area contributed by atoms with Crippen molar-refractivity contribution in [2.45, 2.75) is 23.7 Å². The van der Waals surface area contributed by atoms with E-state index in [2.05, 4.69) is 27.5 Å². The SMILES string of the molecule is C=CCN(C(=O)c1ccc(F)nc1)c1cccc(C(=O)Nc2c(Br)cc(C(P)(C(F)(F)F)C(F)(F)F)cc2C(F)(F)F)c1F. The van der Waals surface area contributed by atoms with Crippen LogP contribution in [-0.4, -0.2) is 35.7 Å². The van der Waals surface area contributed by atoms with Crippen LogP contribution in [0.1, 0.15) is 31.8 Å². The van der Waals surface area contributed by atoms with Crippen molar-refractivity contribution in [2.75, 3.05) is 16.8 Å². The number of hydrogen-bond acceptors (Lipinski definition) is 3. The summed E-state index contributed by atoms with van der Waals surface area (Å²) in [5, 5.41) is -3.15. The van der Waals surface area contributed by atoms with E-state index in [0.29, 0.717) is 9.24 Å². The highest BCUT2D eigenvalue weighted by Crippen LogP contribution is 2.58. The molecule has 2 amide bonds. The monoisotopic (exact) mass is 721 g/mol. The molecule has 0 saturated carbocycles. The molecule has 236 valence electrons. The van der Waals surface area contributed by atoms with Gasteiger partial charge < -0.3 is 10.2 Å². The Morgan fingerprint density at radius 1 is 0.977 bits per heavy atom. The standard InChI is InChI=1S/C26H16BrF11N3O2P/c1-2-8-41(22(43)12-6-7-18(28)39-11-12)17-5-3-4-14(19(17)29)21(42)40-20-15(24(30,31)32)9-13(10-16(20)27)23(44,25(33,34)35)26(36,37)38/h2-7,9-11H,1,8,44H2,(H,40,42). The van der Waals surface area contributed by atoms with Crippen molar-refractivity contribution in [1.29, 1.82) is 0 Å². The number of pyridine rings is 1. The van der Waals surface area contributed by atoms with E-state index in [1.165, 1.54) is 0 Å². The van der Waals surface area contributed by atoms with Crippen LogP contribution in [0.4, 0.5) is 59.7 Å². The predicted octanol–water partition coefficient (Wildman–Crippen LogP) is 8.42. The summed E-state index contributed by atoms with van der Waals surface area (Å²) in [7, 11) is 0.486. The largest absolute Gasteiger partial charge is 0.418 e. The minimum absolute atomic E-state index is 0.0901. The fourth-order valence-corrected chi connectivity index (χ4v) is 4.56. The number of hydrogen-bond donors (Lipinski definition) is 1. The first kappa shape index (κ1) is 34.9. The summed E-state index contributed by atoms with van der Waals surface area (Å²) in [6.07, 6.45) is -15.9. The van der Waals surface area contributed by atoms with Gasteiger partial charge in [-0.3, -0.25) is 9.59 Å². The van der Waals surface area contributed by atoms with Gasteiger partial charge in [-0.1, -0.05) is 12.1 Å².